The van der Waals surface area contributed by atoms with E-state index in [1.54, 1.807) is 0 Å². The van der Waals surface area contributed by atoms with Crippen LogP contribution in [0.1, 0.15) is 5.56 Å². The van der Waals surface area contributed by atoms with Crippen LogP contribution in [0.15, 0.2) is 29.2 Å². The highest BCUT2D eigenvalue weighted by Crippen LogP contribution is 2.33. The van der Waals surface area contributed by atoms with Gasteiger partial charge in [-0.25, -0.2) is 0 Å². The van der Waals surface area contributed by atoms with Gasteiger partial charge in [0.05, 0.1) is 6.61 Å². The zero-order valence-electron chi connectivity index (χ0n) is 10.5. The van der Waals surface area contributed by atoms with Gasteiger partial charge in [-0.2, -0.15) is 0 Å². The fourth-order valence-electron chi connectivity index (χ4n) is 1.92. The fourth-order valence-corrected chi connectivity index (χ4v) is 2.98. The molecule has 1 aromatic carbocycles. The number of thioether (sulfide) groups is 1. The third kappa shape index (κ3) is 3.28. The Hall–Kier alpha value is -0.630. The first-order valence-electron chi connectivity index (χ1n) is 6.07. The number of ether oxygens (including phenoxy) is 1. The number of hydrogen-bond donors (Lipinski definition) is 4. The number of rotatable bonds is 3. The molecule has 2 unspecified atom stereocenters. The van der Waals surface area contributed by atoms with E-state index >= 15 is 0 Å². The van der Waals surface area contributed by atoms with Crippen LogP contribution in [0.2, 0.25) is 0 Å². The molecule has 5 atom stereocenters. The molecule has 0 saturated carbocycles. The highest BCUT2D eigenvalue weighted by molar-refractivity contribution is 7.99. The molecule has 5 nitrogen and oxygen atoms in total. The van der Waals surface area contributed by atoms with Gasteiger partial charge in [0.15, 0.2) is 0 Å². The summed E-state index contributed by atoms with van der Waals surface area (Å²) in [6.07, 6.45) is -4.70. The van der Waals surface area contributed by atoms with Gasteiger partial charge in [-0.15, -0.1) is 0 Å². The zero-order chi connectivity index (χ0) is 14.0. The topological polar surface area (TPSA) is 90.2 Å². The highest BCUT2D eigenvalue weighted by Gasteiger charge is 2.43. The van der Waals surface area contributed by atoms with Gasteiger partial charge in [-0.1, -0.05) is 29.5 Å². The number of aryl methyl sites for hydroxylation is 1. The van der Waals surface area contributed by atoms with Crippen LogP contribution in [0.4, 0.5) is 0 Å². The molecule has 0 radical (unpaired) electrons. The van der Waals surface area contributed by atoms with E-state index in [1.807, 2.05) is 31.2 Å². The van der Waals surface area contributed by atoms with Crippen LogP contribution in [0.5, 0.6) is 0 Å². The van der Waals surface area contributed by atoms with Gasteiger partial charge in [0.1, 0.15) is 29.9 Å². The Bertz CT molecular complexity index is 408. The Morgan fingerprint density at radius 1 is 1.05 bits per heavy atom. The largest absolute Gasteiger partial charge is 0.394 e. The smallest absolute Gasteiger partial charge is 0.136 e. The van der Waals surface area contributed by atoms with Gasteiger partial charge in [-0.05, 0) is 19.1 Å². The number of aliphatic hydroxyl groups is 4. The fraction of sp³-hybridized carbons (Fsp3) is 0.538. The monoisotopic (exact) mass is 286 g/mol. The summed E-state index contributed by atoms with van der Waals surface area (Å²) < 4.78 is 5.42. The lowest BCUT2D eigenvalue weighted by atomic mass is 10.0. The van der Waals surface area contributed by atoms with Crippen LogP contribution >= 0.6 is 11.8 Å². The van der Waals surface area contributed by atoms with E-state index in [1.165, 1.54) is 11.8 Å². The third-order valence-corrected chi connectivity index (χ3v) is 4.29. The minimum Gasteiger partial charge on any atom is -0.394 e. The molecule has 0 amide bonds. The van der Waals surface area contributed by atoms with Crippen LogP contribution in [-0.4, -0.2) is 56.9 Å². The minimum atomic E-state index is -1.33. The zero-order valence-corrected chi connectivity index (χ0v) is 11.3. The Morgan fingerprint density at radius 3 is 2.26 bits per heavy atom. The van der Waals surface area contributed by atoms with Gasteiger partial charge >= 0.3 is 0 Å². The average molecular weight is 286 g/mol. The summed E-state index contributed by atoms with van der Waals surface area (Å²) in [5.74, 6) is 0. The van der Waals surface area contributed by atoms with E-state index in [2.05, 4.69) is 0 Å². The maximum absolute atomic E-state index is 9.90. The Morgan fingerprint density at radius 2 is 1.68 bits per heavy atom. The van der Waals surface area contributed by atoms with E-state index in [-0.39, 0.29) is 0 Å². The summed E-state index contributed by atoms with van der Waals surface area (Å²) in [6, 6.07) is 7.65. The summed E-state index contributed by atoms with van der Waals surface area (Å²) in [4.78, 5) is 0.884. The molecule has 0 aromatic heterocycles. The first-order valence-corrected chi connectivity index (χ1v) is 6.94. The van der Waals surface area contributed by atoms with Crippen molar-refractivity contribution in [3.8, 4) is 0 Å². The molecule has 1 saturated heterocycles. The highest BCUT2D eigenvalue weighted by atomic mass is 32.2. The lowest BCUT2D eigenvalue weighted by Crippen LogP contribution is -2.57. The molecule has 19 heavy (non-hydrogen) atoms. The summed E-state index contributed by atoms with van der Waals surface area (Å²) in [5, 5.41) is 38.4. The first kappa shape index (κ1) is 14.8. The standard InChI is InChI=1S/C13H18O5S/c1-7-2-4-8(5-3-7)19-13-12(17)11(16)10(15)9(6-14)18-13/h2-5,9-17H,6H2,1H3/t9?,10-,11-,12?,13-/m1/s1. The van der Waals surface area contributed by atoms with E-state index in [4.69, 9.17) is 9.84 Å². The van der Waals surface area contributed by atoms with Crippen LogP contribution < -0.4 is 0 Å². The molecule has 2 rings (SSSR count). The molecule has 1 fully saturated rings. The molecule has 6 heteroatoms. The quantitative estimate of drug-likeness (QED) is 0.620. The second kappa shape index (κ2) is 6.21. The molecule has 4 N–H and O–H groups in total. The second-order valence-electron chi connectivity index (χ2n) is 4.63. The normalized spacial score (nSPS) is 35.3. The van der Waals surface area contributed by atoms with E-state index in [0.29, 0.717) is 0 Å². The van der Waals surface area contributed by atoms with Crippen molar-refractivity contribution in [3.63, 3.8) is 0 Å². The van der Waals surface area contributed by atoms with Crippen molar-refractivity contribution in [2.24, 2.45) is 0 Å². The molecule has 1 aromatic rings. The van der Waals surface area contributed by atoms with Crippen LogP contribution in [0.3, 0.4) is 0 Å². The lowest BCUT2D eigenvalue weighted by Gasteiger charge is -2.39. The minimum absolute atomic E-state index is 0.407. The average Bonchev–Trinajstić information content (AvgIpc) is 2.42. The second-order valence-corrected chi connectivity index (χ2v) is 5.80. The predicted molar refractivity (Wildman–Crippen MR) is 70.8 cm³/mol. The Kier molecular flexibility index (Phi) is 4.83. The summed E-state index contributed by atoms with van der Waals surface area (Å²) in [7, 11) is 0. The molecule has 1 aliphatic rings. The van der Waals surface area contributed by atoms with Crippen molar-refractivity contribution in [3.05, 3.63) is 29.8 Å². The third-order valence-electron chi connectivity index (χ3n) is 3.12. The first-order chi connectivity index (χ1) is 9.02. The maximum Gasteiger partial charge on any atom is 0.136 e. The molecule has 1 aliphatic heterocycles. The van der Waals surface area contributed by atoms with Crippen molar-refractivity contribution in [2.75, 3.05) is 6.61 Å². The lowest BCUT2D eigenvalue weighted by molar-refractivity contribution is -0.205. The molecular formula is C13H18O5S. The number of hydrogen-bond acceptors (Lipinski definition) is 6. The number of benzene rings is 1. The Labute approximate surface area is 115 Å². The maximum atomic E-state index is 9.90. The molecule has 0 bridgehead atoms. The van der Waals surface area contributed by atoms with Gasteiger partial charge in [-0.3, -0.25) is 0 Å². The van der Waals surface area contributed by atoms with E-state index in [0.717, 1.165) is 10.5 Å². The molecule has 0 spiro atoms. The van der Waals surface area contributed by atoms with Gasteiger partial charge in [0, 0.05) is 4.90 Å². The summed E-state index contributed by atoms with van der Waals surface area (Å²) in [6.45, 7) is 1.57. The summed E-state index contributed by atoms with van der Waals surface area (Å²) in [5.41, 5.74) is 0.399. The predicted octanol–water partition coefficient (Wildman–Crippen LogP) is -0.113. The van der Waals surface area contributed by atoms with Gasteiger partial charge in [0.25, 0.3) is 0 Å². The van der Waals surface area contributed by atoms with Crippen molar-refractivity contribution < 1.29 is 25.2 Å². The van der Waals surface area contributed by atoms with Crippen molar-refractivity contribution >= 4 is 11.8 Å². The van der Waals surface area contributed by atoms with Crippen molar-refractivity contribution in [1.29, 1.82) is 0 Å². The van der Waals surface area contributed by atoms with Crippen molar-refractivity contribution in [2.45, 2.75) is 41.7 Å². The summed E-state index contributed by atoms with van der Waals surface area (Å²) >= 11 is 1.25. The van der Waals surface area contributed by atoms with Gasteiger partial charge in [0.2, 0.25) is 0 Å². The van der Waals surface area contributed by atoms with E-state index in [9.17, 15) is 15.3 Å². The van der Waals surface area contributed by atoms with E-state index < -0.39 is 36.5 Å². The van der Waals surface area contributed by atoms with Crippen molar-refractivity contribution in [1.82, 2.24) is 0 Å². The molecule has 1 heterocycles. The molecule has 0 aliphatic carbocycles. The Balaban J connectivity index is 2.08. The van der Waals surface area contributed by atoms with Crippen LogP contribution in [0.25, 0.3) is 0 Å². The number of aliphatic hydroxyl groups excluding tert-OH is 4. The van der Waals surface area contributed by atoms with Crippen LogP contribution in [-0.2, 0) is 4.74 Å². The molecule has 106 valence electrons. The molecular weight excluding hydrogens is 268 g/mol. The SMILES string of the molecule is Cc1ccc(S[C@H]2OC(CO)[C@@H](O)[C@@H](O)C2O)cc1. The van der Waals surface area contributed by atoms with Gasteiger partial charge < -0.3 is 25.2 Å². The van der Waals surface area contributed by atoms with Crippen LogP contribution in [0, 0.1) is 6.92 Å².